The molecule has 0 aliphatic heterocycles. The van der Waals surface area contributed by atoms with Gasteiger partial charge in [-0.2, -0.15) is 0 Å². The van der Waals surface area contributed by atoms with Gasteiger partial charge in [0.25, 0.3) is 11.6 Å². The standard InChI is InChI=1S/C28H27ClFN7O4/c29-23-9-7-21(15-25(23)37(40)41)36(20-4-2-1-3-5-20)27(39)17-35(26(38)10-12-33-28(31)32)13-11-18-16-34-24-14-19(30)6-8-22(18)24/h1-9,14-16,34H,10-13,17H2,(H4,31,32,33). The lowest BCUT2D eigenvalue weighted by Crippen LogP contribution is -2.42. The van der Waals surface area contributed by atoms with E-state index in [1.807, 2.05) is 0 Å². The van der Waals surface area contributed by atoms with Crippen LogP contribution < -0.4 is 16.4 Å². The first-order valence-electron chi connectivity index (χ1n) is 12.5. The average molecular weight is 580 g/mol. The van der Waals surface area contributed by atoms with Gasteiger partial charge in [0.2, 0.25) is 5.91 Å². The third-order valence-electron chi connectivity index (χ3n) is 6.33. The number of benzene rings is 3. The number of anilines is 2. The summed E-state index contributed by atoms with van der Waals surface area (Å²) in [5, 5.41) is 12.3. The van der Waals surface area contributed by atoms with Crippen molar-refractivity contribution in [2.45, 2.75) is 12.8 Å². The van der Waals surface area contributed by atoms with Gasteiger partial charge in [0, 0.05) is 41.8 Å². The van der Waals surface area contributed by atoms with Crippen LogP contribution in [0.25, 0.3) is 10.9 Å². The Balaban J connectivity index is 1.64. The molecule has 0 aliphatic rings. The number of aromatic amines is 1. The van der Waals surface area contributed by atoms with Crippen molar-refractivity contribution >= 4 is 57.3 Å². The van der Waals surface area contributed by atoms with Crippen LogP contribution in [0, 0.1) is 15.9 Å². The summed E-state index contributed by atoms with van der Waals surface area (Å²) in [6.45, 7) is -0.160. The zero-order valence-electron chi connectivity index (χ0n) is 21.8. The fourth-order valence-electron chi connectivity index (χ4n) is 4.38. The fourth-order valence-corrected chi connectivity index (χ4v) is 4.57. The minimum atomic E-state index is -0.633. The average Bonchev–Trinajstić information content (AvgIpc) is 3.34. The van der Waals surface area contributed by atoms with Crippen LogP contribution in [0.2, 0.25) is 5.02 Å². The van der Waals surface area contributed by atoms with Crippen molar-refractivity contribution < 1.29 is 18.9 Å². The van der Waals surface area contributed by atoms with E-state index in [4.69, 9.17) is 23.1 Å². The summed E-state index contributed by atoms with van der Waals surface area (Å²) < 4.78 is 13.6. The van der Waals surface area contributed by atoms with Gasteiger partial charge in [0.05, 0.1) is 17.2 Å². The molecule has 0 aliphatic carbocycles. The van der Waals surface area contributed by atoms with Crippen molar-refractivity contribution in [3.8, 4) is 0 Å². The highest BCUT2D eigenvalue weighted by Crippen LogP contribution is 2.33. The molecule has 4 aromatic rings. The number of fused-ring (bicyclic) bond motifs is 1. The van der Waals surface area contributed by atoms with E-state index in [-0.39, 0.29) is 60.1 Å². The van der Waals surface area contributed by atoms with Crippen molar-refractivity contribution in [1.82, 2.24) is 9.88 Å². The molecule has 11 nitrogen and oxygen atoms in total. The third-order valence-corrected chi connectivity index (χ3v) is 6.65. The maximum Gasteiger partial charge on any atom is 0.289 e. The number of halogens is 2. The highest BCUT2D eigenvalue weighted by Gasteiger charge is 2.26. The minimum absolute atomic E-state index is 0.0317. The molecule has 5 N–H and O–H groups in total. The molecule has 0 bridgehead atoms. The number of para-hydroxylation sites is 1. The molecular formula is C28H27ClFN7O4. The fraction of sp³-hybridized carbons (Fsp3) is 0.179. The van der Waals surface area contributed by atoms with Gasteiger partial charge < -0.3 is 21.4 Å². The number of nitro groups is 1. The number of carbonyl (C=O) groups is 2. The van der Waals surface area contributed by atoms with Gasteiger partial charge in [-0.25, -0.2) is 4.39 Å². The molecule has 0 radical (unpaired) electrons. The van der Waals surface area contributed by atoms with Gasteiger partial charge >= 0.3 is 0 Å². The van der Waals surface area contributed by atoms with Crippen LogP contribution in [0.4, 0.5) is 21.5 Å². The van der Waals surface area contributed by atoms with Gasteiger partial charge in [-0.05, 0) is 54.4 Å². The first kappa shape index (κ1) is 29.0. The summed E-state index contributed by atoms with van der Waals surface area (Å²) in [6, 6.07) is 17.0. The van der Waals surface area contributed by atoms with E-state index < -0.39 is 10.8 Å². The van der Waals surface area contributed by atoms with E-state index in [0.29, 0.717) is 17.6 Å². The summed E-state index contributed by atoms with van der Waals surface area (Å²) >= 11 is 6.01. The Morgan fingerprint density at radius 2 is 1.78 bits per heavy atom. The molecule has 4 rings (SSSR count). The second kappa shape index (κ2) is 12.9. The van der Waals surface area contributed by atoms with Crippen LogP contribution in [0.15, 0.2) is 77.9 Å². The van der Waals surface area contributed by atoms with Crippen LogP contribution in [0.1, 0.15) is 12.0 Å². The Morgan fingerprint density at radius 3 is 2.49 bits per heavy atom. The second-order valence-corrected chi connectivity index (χ2v) is 9.49. The molecule has 2 amide bonds. The zero-order chi connectivity index (χ0) is 29.5. The summed E-state index contributed by atoms with van der Waals surface area (Å²) in [6.07, 6.45) is 2.05. The number of H-pyrrole nitrogens is 1. The monoisotopic (exact) mass is 579 g/mol. The number of rotatable bonds is 11. The molecule has 212 valence electrons. The molecule has 0 unspecified atom stereocenters. The number of amides is 2. The van der Waals surface area contributed by atoms with Gasteiger partial charge in [0.15, 0.2) is 5.96 Å². The first-order valence-corrected chi connectivity index (χ1v) is 12.9. The molecule has 13 heteroatoms. The van der Waals surface area contributed by atoms with Crippen molar-refractivity contribution in [2.24, 2.45) is 16.5 Å². The molecule has 3 aromatic carbocycles. The third kappa shape index (κ3) is 7.17. The van der Waals surface area contributed by atoms with Gasteiger partial charge in [0.1, 0.15) is 17.4 Å². The largest absolute Gasteiger partial charge is 0.370 e. The summed E-state index contributed by atoms with van der Waals surface area (Å²) in [5.74, 6) is -1.42. The Bertz CT molecular complexity index is 1610. The van der Waals surface area contributed by atoms with Crippen LogP contribution in [-0.4, -0.2) is 52.2 Å². The van der Waals surface area contributed by atoms with Crippen LogP contribution in [0.3, 0.4) is 0 Å². The summed E-state index contributed by atoms with van der Waals surface area (Å²) in [5.41, 5.74) is 12.5. The number of nitrogens with zero attached hydrogens (tertiary/aromatic N) is 4. The molecule has 0 fully saturated rings. The number of guanidine groups is 1. The number of nitrogens with one attached hydrogen (secondary N) is 1. The number of carbonyl (C=O) groups excluding carboxylic acids is 2. The van der Waals surface area contributed by atoms with E-state index >= 15 is 0 Å². The summed E-state index contributed by atoms with van der Waals surface area (Å²) in [7, 11) is 0. The van der Waals surface area contributed by atoms with Crippen molar-refractivity contribution in [3.63, 3.8) is 0 Å². The van der Waals surface area contributed by atoms with Gasteiger partial charge in [-0.3, -0.25) is 29.6 Å². The van der Waals surface area contributed by atoms with E-state index in [1.54, 1.807) is 42.6 Å². The SMILES string of the molecule is NC(N)=NCCC(=O)N(CCc1c[nH]c2cc(F)ccc12)CC(=O)N(c1ccccc1)c1ccc(Cl)c([N+](=O)[O-])c1. The van der Waals surface area contributed by atoms with Crippen molar-refractivity contribution in [2.75, 3.05) is 24.5 Å². The van der Waals surface area contributed by atoms with E-state index in [9.17, 15) is 24.1 Å². The van der Waals surface area contributed by atoms with E-state index in [0.717, 1.165) is 10.9 Å². The highest BCUT2D eigenvalue weighted by molar-refractivity contribution is 6.32. The van der Waals surface area contributed by atoms with Crippen LogP contribution >= 0.6 is 11.6 Å². The number of hydrogen-bond acceptors (Lipinski definition) is 5. The quantitative estimate of drug-likeness (QED) is 0.104. The maximum atomic E-state index is 13.8. The Labute approximate surface area is 239 Å². The Kier molecular flexibility index (Phi) is 9.15. The molecule has 0 atom stereocenters. The smallest absolute Gasteiger partial charge is 0.289 e. The lowest BCUT2D eigenvalue weighted by atomic mass is 10.1. The van der Waals surface area contributed by atoms with Crippen molar-refractivity contribution in [1.29, 1.82) is 0 Å². The van der Waals surface area contributed by atoms with Crippen molar-refractivity contribution in [3.05, 3.63) is 99.4 Å². The summed E-state index contributed by atoms with van der Waals surface area (Å²) in [4.78, 5) is 47.6. The normalized spacial score (nSPS) is 10.8. The molecule has 1 heterocycles. The number of aromatic nitrogens is 1. The predicted octanol–water partition coefficient (Wildman–Crippen LogP) is 4.27. The maximum absolute atomic E-state index is 13.8. The molecule has 0 spiro atoms. The number of hydrogen-bond donors (Lipinski definition) is 3. The lowest BCUT2D eigenvalue weighted by Gasteiger charge is -2.28. The first-order chi connectivity index (χ1) is 19.6. The second-order valence-electron chi connectivity index (χ2n) is 9.08. The highest BCUT2D eigenvalue weighted by atomic mass is 35.5. The van der Waals surface area contributed by atoms with E-state index in [2.05, 4.69) is 9.98 Å². The van der Waals surface area contributed by atoms with Gasteiger partial charge in [-0.15, -0.1) is 0 Å². The topological polar surface area (TPSA) is 164 Å². The number of nitro benzene ring substituents is 1. The zero-order valence-corrected chi connectivity index (χ0v) is 22.6. The molecular weight excluding hydrogens is 553 g/mol. The minimum Gasteiger partial charge on any atom is -0.370 e. The Morgan fingerprint density at radius 1 is 1.02 bits per heavy atom. The number of aliphatic imine (C=N–C) groups is 1. The predicted molar refractivity (Wildman–Crippen MR) is 156 cm³/mol. The Hall–Kier alpha value is -4.97. The van der Waals surface area contributed by atoms with Crippen LogP contribution in [-0.2, 0) is 16.0 Å². The van der Waals surface area contributed by atoms with Gasteiger partial charge in [-0.1, -0.05) is 29.8 Å². The number of nitrogens with two attached hydrogens (primary N) is 2. The molecule has 0 saturated heterocycles. The molecule has 1 aromatic heterocycles. The lowest BCUT2D eigenvalue weighted by molar-refractivity contribution is -0.384. The molecule has 0 saturated carbocycles. The van der Waals surface area contributed by atoms with E-state index in [1.165, 1.54) is 40.1 Å². The van der Waals surface area contributed by atoms with Crippen LogP contribution in [0.5, 0.6) is 0 Å². The molecule has 41 heavy (non-hydrogen) atoms.